The number of pyridine rings is 3. The highest BCUT2D eigenvalue weighted by Crippen LogP contribution is 2.32. The molecular weight excluding hydrogens is 378 g/mol. The number of methoxy groups -OCH3 is 1. The number of carbonyl (C=O) groups excluding carboxylic acids is 1. The molecule has 150 valence electrons. The minimum Gasteiger partial charge on any atom is -0.481 e. The first-order chi connectivity index (χ1) is 14.6. The van der Waals surface area contributed by atoms with Crippen molar-refractivity contribution < 1.29 is 9.53 Å². The minimum absolute atomic E-state index is 0.107. The molecule has 0 bridgehead atoms. The zero-order valence-electron chi connectivity index (χ0n) is 17.0. The summed E-state index contributed by atoms with van der Waals surface area (Å²) in [4.78, 5) is 30.0. The third kappa shape index (κ3) is 3.65. The first kappa shape index (κ1) is 19.3. The molecule has 0 fully saturated rings. The predicted octanol–water partition coefficient (Wildman–Crippen LogP) is 4.23. The van der Waals surface area contributed by atoms with Gasteiger partial charge in [0.25, 0.3) is 0 Å². The number of H-pyrrole nitrogens is 1. The number of likely N-dealkylation sites (N-methyl/N-ethyl adjacent to an activating group) is 1. The summed E-state index contributed by atoms with van der Waals surface area (Å²) in [6, 6.07) is 7.82. The largest absolute Gasteiger partial charge is 0.481 e. The number of amides is 1. The van der Waals surface area contributed by atoms with Crippen molar-refractivity contribution in [3.63, 3.8) is 0 Å². The highest BCUT2D eigenvalue weighted by atomic mass is 16.5. The standard InChI is InChI=1S/C23H21N5O2/c1-4-5-22(29)28(2)18-8-16(11-24-13-18)17-9-19-20(14-27-23(19)26-12-17)15-6-7-25-21(10-15)30-3/h4-14H,1-3H3,(H,26,27)/b5-4+. The molecule has 4 aromatic rings. The fraction of sp³-hybridized carbons (Fsp3) is 0.130. The number of aromatic amines is 1. The molecule has 1 N–H and O–H groups in total. The van der Waals surface area contributed by atoms with Crippen molar-refractivity contribution in [2.45, 2.75) is 6.92 Å². The smallest absolute Gasteiger partial charge is 0.250 e. The molecule has 4 aromatic heterocycles. The molecule has 0 saturated heterocycles. The van der Waals surface area contributed by atoms with Crippen LogP contribution in [-0.4, -0.2) is 40.0 Å². The van der Waals surface area contributed by atoms with Crippen LogP contribution in [0.4, 0.5) is 5.69 Å². The first-order valence-electron chi connectivity index (χ1n) is 9.44. The lowest BCUT2D eigenvalue weighted by atomic mass is 10.0. The molecule has 4 rings (SSSR count). The Morgan fingerprint density at radius 2 is 1.93 bits per heavy atom. The lowest BCUT2D eigenvalue weighted by molar-refractivity contribution is -0.113. The van der Waals surface area contributed by atoms with Gasteiger partial charge in [-0.2, -0.15) is 0 Å². The number of nitrogens with one attached hydrogen (secondary N) is 1. The molecule has 30 heavy (non-hydrogen) atoms. The summed E-state index contributed by atoms with van der Waals surface area (Å²) in [6.45, 7) is 1.81. The molecule has 4 heterocycles. The van der Waals surface area contributed by atoms with Crippen molar-refractivity contribution in [2.24, 2.45) is 0 Å². The maximum atomic E-state index is 12.2. The van der Waals surface area contributed by atoms with Gasteiger partial charge < -0.3 is 14.6 Å². The summed E-state index contributed by atoms with van der Waals surface area (Å²) in [5.41, 5.74) is 5.27. The van der Waals surface area contributed by atoms with Crippen LogP contribution in [0, 0.1) is 0 Å². The van der Waals surface area contributed by atoms with E-state index in [4.69, 9.17) is 4.74 Å². The SMILES string of the molecule is C/C=C/C(=O)N(C)c1cncc(-c2cnc3[nH]cc(-c4ccnc(OC)c4)c3c2)c1. The number of anilines is 1. The fourth-order valence-corrected chi connectivity index (χ4v) is 3.24. The average Bonchev–Trinajstić information content (AvgIpc) is 3.22. The Kier molecular flexibility index (Phi) is 5.26. The van der Waals surface area contributed by atoms with E-state index in [9.17, 15) is 4.79 Å². The normalized spacial score (nSPS) is 11.2. The Balaban J connectivity index is 1.76. The van der Waals surface area contributed by atoms with E-state index in [1.807, 2.05) is 31.3 Å². The maximum Gasteiger partial charge on any atom is 0.250 e. The van der Waals surface area contributed by atoms with Gasteiger partial charge in [0.15, 0.2) is 0 Å². The minimum atomic E-state index is -0.107. The van der Waals surface area contributed by atoms with Crippen LogP contribution in [0.3, 0.4) is 0 Å². The summed E-state index contributed by atoms with van der Waals surface area (Å²) in [5.74, 6) is 0.446. The van der Waals surface area contributed by atoms with Crippen molar-refractivity contribution in [1.82, 2.24) is 19.9 Å². The third-order valence-corrected chi connectivity index (χ3v) is 4.87. The van der Waals surface area contributed by atoms with Gasteiger partial charge in [-0.05, 0) is 36.8 Å². The summed E-state index contributed by atoms with van der Waals surface area (Å²) < 4.78 is 5.25. The highest BCUT2D eigenvalue weighted by Gasteiger charge is 2.12. The number of carbonyl (C=O) groups is 1. The van der Waals surface area contributed by atoms with Crippen LogP contribution >= 0.6 is 0 Å². The first-order valence-corrected chi connectivity index (χ1v) is 9.44. The maximum absolute atomic E-state index is 12.2. The Morgan fingerprint density at radius 1 is 1.10 bits per heavy atom. The Bertz CT molecular complexity index is 1250. The molecule has 0 unspecified atom stereocenters. The van der Waals surface area contributed by atoms with Crippen LogP contribution in [0.1, 0.15) is 6.92 Å². The average molecular weight is 399 g/mol. The Labute approximate surface area is 174 Å². The molecule has 0 atom stereocenters. The number of allylic oxidation sites excluding steroid dienone is 1. The van der Waals surface area contributed by atoms with Gasteiger partial charge in [0.05, 0.1) is 19.0 Å². The second-order valence-electron chi connectivity index (χ2n) is 6.74. The molecule has 0 aromatic carbocycles. The van der Waals surface area contributed by atoms with Crippen LogP contribution < -0.4 is 9.64 Å². The molecule has 0 spiro atoms. The lowest BCUT2D eigenvalue weighted by Crippen LogP contribution is -2.24. The number of nitrogens with zero attached hydrogens (tertiary/aromatic N) is 4. The van der Waals surface area contributed by atoms with E-state index < -0.39 is 0 Å². The van der Waals surface area contributed by atoms with Crippen molar-refractivity contribution in [3.8, 4) is 28.1 Å². The summed E-state index contributed by atoms with van der Waals surface area (Å²) >= 11 is 0. The second-order valence-corrected chi connectivity index (χ2v) is 6.74. The van der Waals surface area contributed by atoms with Crippen LogP contribution in [0.15, 0.2) is 67.4 Å². The predicted molar refractivity (Wildman–Crippen MR) is 117 cm³/mol. The molecule has 0 aliphatic carbocycles. The molecular formula is C23H21N5O2. The number of ether oxygens (including phenoxy) is 1. The van der Waals surface area contributed by atoms with E-state index in [0.29, 0.717) is 11.6 Å². The van der Waals surface area contributed by atoms with E-state index in [0.717, 1.165) is 33.3 Å². The zero-order chi connectivity index (χ0) is 21.1. The monoisotopic (exact) mass is 399 g/mol. The van der Waals surface area contributed by atoms with Gasteiger partial charge in [-0.1, -0.05) is 6.08 Å². The number of aromatic nitrogens is 4. The molecule has 1 amide bonds. The van der Waals surface area contributed by atoms with Crippen molar-refractivity contribution in [3.05, 3.63) is 67.4 Å². The Morgan fingerprint density at radius 3 is 2.73 bits per heavy atom. The van der Waals surface area contributed by atoms with Crippen LogP contribution in [0.2, 0.25) is 0 Å². The fourth-order valence-electron chi connectivity index (χ4n) is 3.24. The number of hydrogen-bond acceptors (Lipinski definition) is 5. The van der Waals surface area contributed by atoms with E-state index in [2.05, 4.69) is 26.0 Å². The summed E-state index contributed by atoms with van der Waals surface area (Å²) in [6.07, 6.45) is 12.1. The Hall–Kier alpha value is -4.00. The quantitative estimate of drug-likeness (QED) is 0.508. The van der Waals surface area contributed by atoms with E-state index in [1.165, 1.54) is 6.08 Å². The summed E-state index contributed by atoms with van der Waals surface area (Å²) in [5, 5.41) is 0.976. The van der Waals surface area contributed by atoms with E-state index >= 15 is 0 Å². The second kappa shape index (κ2) is 8.16. The number of rotatable bonds is 5. The molecule has 7 heteroatoms. The van der Waals surface area contributed by atoms with Gasteiger partial charge in [-0.3, -0.25) is 9.78 Å². The van der Waals surface area contributed by atoms with Crippen molar-refractivity contribution in [2.75, 3.05) is 19.1 Å². The van der Waals surface area contributed by atoms with Gasteiger partial charge in [0, 0.05) is 60.0 Å². The van der Waals surface area contributed by atoms with Gasteiger partial charge in [0.2, 0.25) is 11.8 Å². The number of fused-ring (bicyclic) bond motifs is 1. The summed E-state index contributed by atoms with van der Waals surface area (Å²) in [7, 11) is 3.32. The van der Waals surface area contributed by atoms with Gasteiger partial charge in [-0.15, -0.1) is 0 Å². The van der Waals surface area contributed by atoms with Crippen LogP contribution in [-0.2, 0) is 4.79 Å². The van der Waals surface area contributed by atoms with Gasteiger partial charge >= 0.3 is 0 Å². The topological polar surface area (TPSA) is 84.0 Å². The third-order valence-electron chi connectivity index (χ3n) is 4.87. The van der Waals surface area contributed by atoms with Crippen LogP contribution in [0.5, 0.6) is 5.88 Å². The highest BCUT2D eigenvalue weighted by molar-refractivity contribution is 6.01. The van der Waals surface area contributed by atoms with Gasteiger partial charge in [0.1, 0.15) is 5.65 Å². The molecule has 0 radical (unpaired) electrons. The van der Waals surface area contributed by atoms with Crippen molar-refractivity contribution in [1.29, 1.82) is 0 Å². The molecule has 7 nitrogen and oxygen atoms in total. The van der Waals surface area contributed by atoms with E-state index in [1.54, 1.807) is 49.9 Å². The zero-order valence-corrected chi connectivity index (χ0v) is 17.0. The molecule has 0 aliphatic rings. The van der Waals surface area contributed by atoms with Crippen LogP contribution in [0.25, 0.3) is 33.3 Å². The molecule has 0 saturated carbocycles. The van der Waals surface area contributed by atoms with E-state index in [-0.39, 0.29) is 5.91 Å². The molecule has 0 aliphatic heterocycles. The van der Waals surface area contributed by atoms with Gasteiger partial charge in [-0.25, -0.2) is 9.97 Å². The van der Waals surface area contributed by atoms with Crippen molar-refractivity contribution >= 4 is 22.6 Å². The lowest BCUT2D eigenvalue weighted by Gasteiger charge is -2.15. The number of hydrogen-bond donors (Lipinski definition) is 1.